The highest BCUT2D eigenvalue weighted by atomic mass is 31.1. The van der Waals surface area contributed by atoms with Crippen molar-refractivity contribution < 1.29 is 28.7 Å². The van der Waals surface area contributed by atoms with Crippen LogP contribution in [0, 0.1) is 5.92 Å². The van der Waals surface area contributed by atoms with Gasteiger partial charge in [0.25, 0.3) is 0 Å². The summed E-state index contributed by atoms with van der Waals surface area (Å²) in [6, 6.07) is -1.34. The Kier molecular flexibility index (Phi) is 6.87. The number of carboxylic acids is 1. The molecule has 0 spiro atoms. The van der Waals surface area contributed by atoms with Gasteiger partial charge in [0.1, 0.15) is 6.10 Å². The lowest BCUT2D eigenvalue weighted by molar-refractivity contribution is -0.145. The van der Waals surface area contributed by atoms with Gasteiger partial charge in [-0.05, 0) is 5.92 Å². The first-order chi connectivity index (χ1) is 7.79. The molecule has 17 heavy (non-hydrogen) atoms. The van der Waals surface area contributed by atoms with Gasteiger partial charge >= 0.3 is 14.2 Å². The van der Waals surface area contributed by atoms with E-state index in [1.165, 1.54) is 0 Å². The topological polar surface area (TPSA) is 113 Å². The van der Waals surface area contributed by atoms with Gasteiger partial charge in [-0.15, -0.1) is 9.42 Å². The molecule has 7 nitrogen and oxygen atoms in total. The average Bonchev–Trinajstić information content (AvgIpc) is 2.21. The van der Waals surface area contributed by atoms with Crippen molar-refractivity contribution in [2.45, 2.75) is 39.3 Å². The number of rotatable bonds is 7. The molecule has 0 heterocycles. The molecule has 0 aliphatic carbocycles. The van der Waals surface area contributed by atoms with E-state index in [2.05, 4.69) is 9.84 Å². The van der Waals surface area contributed by atoms with Crippen LogP contribution in [0.3, 0.4) is 0 Å². The molecule has 0 aromatic rings. The highest BCUT2D eigenvalue weighted by Crippen LogP contribution is 2.25. The van der Waals surface area contributed by atoms with E-state index >= 15 is 0 Å². The molecule has 0 bridgehead atoms. The minimum atomic E-state index is -2.92. The summed E-state index contributed by atoms with van der Waals surface area (Å²) in [5, 5.41) is 11.2. The van der Waals surface area contributed by atoms with Crippen molar-refractivity contribution >= 4 is 20.1 Å². The summed E-state index contributed by atoms with van der Waals surface area (Å²) >= 11 is 0. The Morgan fingerprint density at radius 3 is 2.24 bits per heavy atom. The second kappa shape index (κ2) is 7.32. The normalized spacial score (nSPS) is 15.2. The molecule has 98 valence electrons. The lowest BCUT2D eigenvalue weighted by Gasteiger charge is -2.22. The van der Waals surface area contributed by atoms with Crippen molar-refractivity contribution in [1.82, 2.24) is 5.32 Å². The van der Waals surface area contributed by atoms with Gasteiger partial charge in [0, 0.05) is 11.0 Å². The minimum absolute atomic E-state index is 0.125. The summed E-state index contributed by atoms with van der Waals surface area (Å²) in [6.07, 6.45) is -0.934. The van der Waals surface area contributed by atoms with E-state index in [4.69, 9.17) is 10.00 Å². The van der Waals surface area contributed by atoms with Gasteiger partial charge in [0.15, 0.2) is 6.04 Å². The number of hydrogen-bond donors (Lipinski definition) is 3. The van der Waals surface area contributed by atoms with Gasteiger partial charge in [-0.25, -0.2) is 4.79 Å². The first-order valence-corrected chi connectivity index (χ1v) is 6.27. The molecule has 8 heteroatoms. The van der Waals surface area contributed by atoms with Crippen LogP contribution in [-0.2, 0) is 18.7 Å². The standard InChI is InChI=1S/C9H16NO6P/c1-4-6(11)10-7(9(12)13)8(5(2)3)16-17(14)15/h5,7-8H,4H2,1-3H3,(H2-,10,11,12,13,14,15)/p+1/t7-,8+/m0/s1. The lowest BCUT2D eigenvalue weighted by Crippen LogP contribution is -2.51. The summed E-state index contributed by atoms with van der Waals surface area (Å²) < 4.78 is 15.3. The van der Waals surface area contributed by atoms with E-state index in [1.54, 1.807) is 20.8 Å². The van der Waals surface area contributed by atoms with Crippen molar-refractivity contribution in [2.75, 3.05) is 0 Å². The molecule has 0 radical (unpaired) electrons. The van der Waals surface area contributed by atoms with Gasteiger partial charge in [-0.3, -0.25) is 4.79 Å². The Morgan fingerprint density at radius 1 is 1.41 bits per heavy atom. The summed E-state index contributed by atoms with van der Waals surface area (Å²) in [6.45, 7) is 4.85. The smallest absolute Gasteiger partial charge is 0.480 e. The highest BCUT2D eigenvalue weighted by Gasteiger charge is 2.38. The highest BCUT2D eigenvalue weighted by molar-refractivity contribution is 7.32. The Labute approximate surface area is 100 Å². The van der Waals surface area contributed by atoms with Gasteiger partial charge in [-0.1, -0.05) is 20.8 Å². The van der Waals surface area contributed by atoms with Crippen LogP contribution in [-0.4, -0.2) is 34.0 Å². The molecule has 0 saturated heterocycles. The summed E-state index contributed by atoms with van der Waals surface area (Å²) in [7, 11) is -2.92. The molecule has 3 atom stereocenters. The molecular formula is C9H17NO6P+. The molecule has 0 rings (SSSR count). The first-order valence-electron chi connectivity index (χ1n) is 5.14. The van der Waals surface area contributed by atoms with E-state index in [9.17, 15) is 14.2 Å². The molecule has 0 aromatic heterocycles. The van der Waals surface area contributed by atoms with Crippen LogP contribution in [0.4, 0.5) is 0 Å². The van der Waals surface area contributed by atoms with Crippen LogP contribution < -0.4 is 5.32 Å². The van der Waals surface area contributed by atoms with Crippen LogP contribution in [0.1, 0.15) is 27.2 Å². The molecule has 0 fully saturated rings. The molecule has 3 N–H and O–H groups in total. The third-order valence-corrected chi connectivity index (χ3v) is 2.52. The molecule has 0 aliphatic rings. The monoisotopic (exact) mass is 266 g/mol. The van der Waals surface area contributed by atoms with Crippen molar-refractivity contribution in [3.8, 4) is 0 Å². The zero-order valence-electron chi connectivity index (χ0n) is 9.91. The van der Waals surface area contributed by atoms with Gasteiger partial charge in [0.2, 0.25) is 5.91 Å². The zero-order valence-corrected chi connectivity index (χ0v) is 10.8. The van der Waals surface area contributed by atoms with Crippen molar-refractivity contribution in [2.24, 2.45) is 5.92 Å². The fourth-order valence-electron chi connectivity index (χ4n) is 1.23. The molecule has 1 unspecified atom stereocenters. The summed E-state index contributed by atoms with van der Waals surface area (Å²) in [4.78, 5) is 30.9. The zero-order chi connectivity index (χ0) is 13.6. The van der Waals surface area contributed by atoms with Crippen LogP contribution in [0.5, 0.6) is 0 Å². The maximum atomic E-state index is 11.2. The third kappa shape index (κ3) is 5.72. The Morgan fingerprint density at radius 2 is 1.94 bits per heavy atom. The number of amides is 1. The number of carboxylic acid groups (broad SMARTS) is 1. The minimum Gasteiger partial charge on any atom is -0.480 e. The quantitative estimate of drug-likeness (QED) is 0.583. The SMILES string of the molecule is CCC(=O)N[C@H](C(=O)O)[C@H](O[P+](=O)O)C(C)C. The number of hydrogen-bond acceptors (Lipinski definition) is 4. The fourth-order valence-corrected chi connectivity index (χ4v) is 1.80. The number of carbonyl (C=O) groups is 2. The molecular weight excluding hydrogens is 249 g/mol. The number of nitrogens with one attached hydrogen (secondary N) is 1. The van der Waals surface area contributed by atoms with Crippen molar-refractivity contribution in [3.05, 3.63) is 0 Å². The predicted molar refractivity (Wildman–Crippen MR) is 59.4 cm³/mol. The van der Waals surface area contributed by atoms with Gasteiger partial charge in [0.05, 0.1) is 0 Å². The predicted octanol–water partition coefficient (Wildman–Crippen LogP) is 0.657. The number of aliphatic carboxylic acids is 1. The van der Waals surface area contributed by atoms with Gasteiger partial charge in [-0.2, -0.15) is 0 Å². The molecule has 0 aliphatic heterocycles. The van der Waals surface area contributed by atoms with Crippen LogP contribution in [0.2, 0.25) is 0 Å². The van der Waals surface area contributed by atoms with E-state index in [0.717, 1.165) is 0 Å². The van der Waals surface area contributed by atoms with Crippen molar-refractivity contribution in [3.63, 3.8) is 0 Å². The molecule has 0 aromatic carbocycles. The maximum absolute atomic E-state index is 11.2. The second-order valence-electron chi connectivity index (χ2n) is 3.79. The summed E-state index contributed by atoms with van der Waals surface area (Å²) in [5.74, 6) is -2.10. The Hall–Kier alpha value is -1.04. The van der Waals surface area contributed by atoms with Gasteiger partial charge < -0.3 is 10.4 Å². The van der Waals surface area contributed by atoms with Crippen molar-refractivity contribution in [1.29, 1.82) is 0 Å². The Bertz CT molecular complexity index is 306. The maximum Gasteiger partial charge on any atom is 0.695 e. The van der Waals surface area contributed by atoms with Crippen LogP contribution in [0.15, 0.2) is 0 Å². The summed E-state index contributed by atoms with van der Waals surface area (Å²) in [5.41, 5.74) is 0. The largest absolute Gasteiger partial charge is 0.695 e. The fraction of sp³-hybridized carbons (Fsp3) is 0.778. The lowest BCUT2D eigenvalue weighted by atomic mass is 9.99. The average molecular weight is 266 g/mol. The van der Waals surface area contributed by atoms with E-state index in [0.29, 0.717) is 0 Å². The van der Waals surface area contributed by atoms with Crippen LogP contribution >= 0.6 is 8.25 Å². The first kappa shape index (κ1) is 16.0. The van der Waals surface area contributed by atoms with E-state index < -0.39 is 32.3 Å². The second-order valence-corrected chi connectivity index (χ2v) is 4.48. The number of carbonyl (C=O) groups excluding carboxylic acids is 1. The molecule has 0 saturated carbocycles. The Balaban J connectivity index is 4.89. The van der Waals surface area contributed by atoms with Crippen LogP contribution in [0.25, 0.3) is 0 Å². The van der Waals surface area contributed by atoms with E-state index in [-0.39, 0.29) is 12.3 Å². The third-order valence-electron chi connectivity index (χ3n) is 2.10. The molecule has 1 amide bonds. The van der Waals surface area contributed by atoms with E-state index in [1.807, 2.05) is 0 Å².